The lowest BCUT2D eigenvalue weighted by Crippen LogP contribution is -2.28. The minimum Gasteiger partial charge on any atom is -0.313 e. The molecule has 16 heavy (non-hydrogen) atoms. The van der Waals surface area contributed by atoms with Crippen molar-refractivity contribution in [3.05, 3.63) is 41.5 Å². The van der Waals surface area contributed by atoms with Gasteiger partial charge in [-0.3, -0.25) is 0 Å². The van der Waals surface area contributed by atoms with Crippen molar-refractivity contribution in [1.29, 1.82) is 0 Å². The summed E-state index contributed by atoms with van der Waals surface area (Å²) in [6.07, 6.45) is 6.54. The van der Waals surface area contributed by atoms with Gasteiger partial charge >= 0.3 is 0 Å². The van der Waals surface area contributed by atoms with Crippen molar-refractivity contribution >= 4 is 6.08 Å². The third kappa shape index (κ3) is 3.49. The van der Waals surface area contributed by atoms with Gasteiger partial charge in [0.05, 0.1) is 0 Å². The number of benzene rings is 1. The van der Waals surface area contributed by atoms with E-state index in [0.717, 1.165) is 12.5 Å². The first-order valence-electron chi connectivity index (χ1n) is 6.27. The predicted octanol–water partition coefficient (Wildman–Crippen LogP) is 3.48. The highest BCUT2D eigenvalue weighted by Gasteiger charge is 2.15. The third-order valence-electron chi connectivity index (χ3n) is 3.27. The molecule has 1 nitrogen and oxygen atoms in total. The lowest BCUT2D eigenvalue weighted by Gasteiger charge is -2.25. The molecule has 1 fully saturated rings. The fraction of sp³-hybridized carbons (Fsp3) is 0.467. The Labute approximate surface area is 98.6 Å². The first kappa shape index (κ1) is 11.4. The van der Waals surface area contributed by atoms with E-state index >= 15 is 0 Å². The van der Waals surface area contributed by atoms with Crippen LogP contribution in [0, 0.1) is 5.92 Å². The SMILES string of the molecule is C/C(=C/c1ccccc1)CNCC1CCC1. The fourth-order valence-corrected chi connectivity index (χ4v) is 2.06. The van der Waals surface area contributed by atoms with Crippen LogP contribution >= 0.6 is 0 Å². The average molecular weight is 215 g/mol. The summed E-state index contributed by atoms with van der Waals surface area (Å²) < 4.78 is 0. The maximum absolute atomic E-state index is 3.54. The predicted molar refractivity (Wildman–Crippen MR) is 70.3 cm³/mol. The van der Waals surface area contributed by atoms with E-state index in [4.69, 9.17) is 0 Å². The van der Waals surface area contributed by atoms with Crippen LogP contribution in [0.25, 0.3) is 6.08 Å². The number of hydrogen-bond acceptors (Lipinski definition) is 1. The first-order valence-corrected chi connectivity index (χ1v) is 6.27. The highest BCUT2D eigenvalue weighted by molar-refractivity contribution is 5.52. The van der Waals surface area contributed by atoms with Gasteiger partial charge in [0.1, 0.15) is 0 Å². The lowest BCUT2D eigenvalue weighted by atomic mass is 9.85. The van der Waals surface area contributed by atoms with Crippen LogP contribution in [-0.2, 0) is 0 Å². The van der Waals surface area contributed by atoms with E-state index in [-0.39, 0.29) is 0 Å². The van der Waals surface area contributed by atoms with Gasteiger partial charge < -0.3 is 5.32 Å². The molecule has 1 heteroatoms. The molecule has 0 atom stereocenters. The Hall–Kier alpha value is -1.08. The molecule has 0 bridgehead atoms. The quantitative estimate of drug-likeness (QED) is 0.793. The lowest BCUT2D eigenvalue weighted by molar-refractivity contribution is 0.305. The van der Waals surface area contributed by atoms with Crippen LogP contribution in [0.4, 0.5) is 0 Å². The molecule has 2 rings (SSSR count). The van der Waals surface area contributed by atoms with Crippen LogP contribution in [0.5, 0.6) is 0 Å². The molecule has 1 aromatic rings. The van der Waals surface area contributed by atoms with Crippen molar-refractivity contribution in [2.75, 3.05) is 13.1 Å². The molecule has 0 heterocycles. The highest BCUT2D eigenvalue weighted by atomic mass is 14.9. The zero-order chi connectivity index (χ0) is 11.2. The molecule has 0 unspecified atom stereocenters. The summed E-state index contributed by atoms with van der Waals surface area (Å²) in [7, 11) is 0. The minimum absolute atomic E-state index is 0.949. The van der Waals surface area contributed by atoms with Gasteiger partial charge in [0.2, 0.25) is 0 Å². The summed E-state index contributed by atoms with van der Waals surface area (Å²) in [5.41, 5.74) is 2.70. The second kappa shape index (κ2) is 5.86. The van der Waals surface area contributed by atoms with Crippen LogP contribution in [0.2, 0.25) is 0 Å². The maximum Gasteiger partial charge on any atom is 0.0165 e. The standard InChI is InChI=1S/C15H21N/c1-13(10-14-6-3-2-4-7-14)11-16-12-15-8-5-9-15/h2-4,6-7,10,15-16H,5,8-9,11-12H2,1H3/b13-10-. The van der Waals surface area contributed by atoms with E-state index < -0.39 is 0 Å². The Morgan fingerprint density at radius 2 is 2.06 bits per heavy atom. The fourth-order valence-electron chi connectivity index (χ4n) is 2.06. The normalized spacial score (nSPS) is 17.2. The number of nitrogens with one attached hydrogen (secondary N) is 1. The molecular formula is C15H21N. The summed E-state index contributed by atoms with van der Waals surface area (Å²) in [5, 5.41) is 3.54. The molecular weight excluding hydrogens is 194 g/mol. The van der Waals surface area contributed by atoms with E-state index in [9.17, 15) is 0 Å². The van der Waals surface area contributed by atoms with Crippen molar-refractivity contribution in [3.63, 3.8) is 0 Å². The van der Waals surface area contributed by atoms with Crippen LogP contribution in [0.3, 0.4) is 0 Å². The minimum atomic E-state index is 0.949. The maximum atomic E-state index is 3.54. The van der Waals surface area contributed by atoms with Crippen molar-refractivity contribution < 1.29 is 0 Å². The molecule has 1 saturated carbocycles. The van der Waals surface area contributed by atoms with Crippen LogP contribution in [-0.4, -0.2) is 13.1 Å². The molecule has 86 valence electrons. The van der Waals surface area contributed by atoms with Gasteiger partial charge in [-0.15, -0.1) is 0 Å². The summed E-state index contributed by atoms with van der Waals surface area (Å²) in [5.74, 6) is 0.949. The van der Waals surface area contributed by atoms with E-state index in [1.165, 1.54) is 36.9 Å². The van der Waals surface area contributed by atoms with Gasteiger partial charge in [-0.1, -0.05) is 48.4 Å². The summed E-state index contributed by atoms with van der Waals surface area (Å²) >= 11 is 0. The van der Waals surface area contributed by atoms with Crippen molar-refractivity contribution in [2.45, 2.75) is 26.2 Å². The molecule has 0 spiro atoms. The van der Waals surface area contributed by atoms with Gasteiger partial charge in [-0.2, -0.15) is 0 Å². The second-order valence-electron chi connectivity index (χ2n) is 4.83. The molecule has 1 aliphatic carbocycles. The highest BCUT2D eigenvalue weighted by Crippen LogP contribution is 2.25. The zero-order valence-corrected chi connectivity index (χ0v) is 10.1. The van der Waals surface area contributed by atoms with Gasteiger partial charge in [-0.05, 0) is 37.8 Å². The second-order valence-corrected chi connectivity index (χ2v) is 4.83. The molecule has 1 aliphatic rings. The van der Waals surface area contributed by atoms with Crippen LogP contribution in [0.1, 0.15) is 31.7 Å². The van der Waals surface area contributed by atoms with Gasteiger partial charge in [-0.25, -0.2) is 0 Å². The Morgan fingerprint density at radius 1 is 1.31 bits per heavy atom. The monoisotopic (exact) mass is 215 g/mol. The number of rotatable bonds is 5. The van der Waals surface area contributed by atoms with Crippen LogP contribution < -0.4 is 5.32 Å². The average Bonchev–Trinajstić information content (AvgIpc) is 2.23. The Kier molecular flexibility index (Phi) is 4.17. The topological polar surface area (TPSA) is 12.0 Å². The Morgan fingerprint density at radius 3 is 2.69 bits per heavy atom. The van der Waals surface area contributed by atoms with E-state index in [1.807, 2.05) is 0 Å². The summed E-state index contributed by atoms with van der Waals surface area (Å²) in [6.45, 7) is 4.41. The molecule has 0 saturated heterocycles. The van der Waals surface area contributed by atoms with Crippen molar-refractivity contribution in [3.8, 4) is 0 Å². The van der Waals surface area contributed by atoms with E-state index in [2.05, 4.69) is 48.6 Å². The molecule has 0 aromatic heterocycles. The van der Waals surface area contributed by atoms with Gasteiger partial charge in [0.15, 0.2) is 0 Å². The largest absolute Gasteiger partial charge is 0.313 e. The van der Waals surface area contributed by atoms with E-state index in [0.29, 0.717) is 0 Å². The van der Waals surface area contributed by atoms with Gasteiger partial charge in [0, 0.05) is 6.54 Å². The molecule has 1 N–H and O–H groups in total. The number of hydrogen-bond donors (Lipinski definition) is 1. The smallest absolute Gasteiger partial charge is 0.0165 e. The molecule has 0 radical (unpaired) electrons. The van der Waals surface area contributed by atoms with Crippen LogP contribution in [0.15, 0.2) is 35.9 Å². The Balaban J connectivity index is 1.74. The molecule has 0 amide bonds. The first-order chi connectivity index (χ1) is 7.84. The third-order valence-corrected chi connectivity index (χ3v) is 3.27. The molecule has 1 aromatic carbocycles. The zero-order valence-electron chi connectivity index (χ0n) is 10.1. The van der Waals surface area contributed by atoms with E-state index in [1.54, 1.807) is 0 Å². The Bertz CT molecular complexity index is 336. The van der Waals surface area contributed by atoms with Gasteiger partial charge in [0.25, 0.3) is 0 Å². The van der Waals surface area contributed by atoms with Crippen molar-refractivity contribution in [1.82, 2.24) is 5.32 Å². The summed E-state index contributed by atoms with van der Waals surface area (Å²) in [6, 6.07) is 10.5. The summed E-state index contributed by atoms with van der Waals surface area (Å²) in [4.78, 5) is 0. The molecule has 0 aliphatic heterocycles. The van der Waals surface area contributed by atoms with Crippen molar-refractivity contribution in [2.24, 2.45) is 5.92 Å².